The fourth-order valence-electron chi connectivity index (χ4n) is 3.32. The summed E-state index contributed by atoms with van der Waals surface area (Å²) in [6, 6.07) is 21.6. The van der Waals surface area contributed by atoms with Crippen LogP contribution in [0.1, 0.15) is 30.2 Å². The minimum absolute atomic E-state index is 0.414. The highest BCUT2D eigenvalue weighted by Crippen LogP contribution is 2.35. The van der Waals surface area contributed by atoms with Gasteiger partial charge in [0.05, 0.1) is 6.04 Å². The first-order chi connectivity index (χ1) is 10.4. The van der Waals surface area contributed by atoms with Gasteiger partial charge < -0.3 is 4.42 Å². The van der Waals surface area contributed by atoms with Crippen molar-refractivity contribution in [3.8, 4) is 0 Å². The van der Waals surface area contributed by atoms with E-state index in [0.717, 1.165) is 24.4 Å². The Kier molecular flexibility index (Phi) is 3.24. The molecule has 1 atom stereocenters. The average Bonchev–Trinajstić information content (AvgIpc) is 3.14. The number of hydrogen-bond acceptors (Lipinski definition) is 2. The lowest BCUT2D eigenvalue weighted by Gasteiger charge is -2.22. The van der Waals surface area contributed by atoms with Crippen LogP contribution in [0.15, 0.2) is 65.1 Å². The van der Waals surface area contributed by atoms with Crippen molar-refractivity contribution in [2.75, 3.05) is 6.54 Å². The molecule has 1 aliphatic heterocycles. The maximum atomic E-state index is 6.08. The van der Waals surface area contributed by atoms with Gasteiger partial charge in [0, 0.05) is 11.9 Å². The lowest BCUT2D eigenvalue weighted by atomic mass is 10.1. The number of furan rings is 1. The molecule has 2 heteroatoms. The van der Waals surface area contributed by atoms with Gasteiger partial charge in [-0.05, 0) is 37.1 Å². The van der Waals surface area contributed by atoms with Crippen molar-refractivity contribution in [3.05, 3.63) is 72.0 Å². The molecule has 0 spiro atoms. The van der Waals surface area contributed by atoms with Crippen molar-refractivity contribution in [2.45, 2.75) is 25.4 Å². The average molecular weight is 277 g/mol. The van der Waals surface area contributed by atoms with Gasteiger partial charge >= 0.3 is 0 Å². The highest BCUT2D eigenvalue weighted by molar-refractivity contribution is 5.77. The molecule has 0 bridgehead atoms. The molecule has 0 N–H and O–H groups in total. The monoisotopic (exact) mass is 277 g/mol. The summed E-state index contributed by atoms with van der Waals surface area (Å²) in [4.78, 5) is 2.53. The van der Waals surface area contributed by atoms with E-state index < -0.39 is 0 Å². The predicted molar refractivity (Wildman–Crippen MR) is 85.0 cm³/mol. The Balaban J connectivity index is 1.61. The molecule has 1 fully saturated rings. The SMILES string of the molecule is c1ccc(CN2CCCC2c2cc3ccccc3o2)cc1. The van der Waals surface area contributed by atoms with Crippen LogP contribution in [0.5, 0.6) is 0 Å². The summed E-state index contributed by atoms with van der Waals surface area (Å²) in [6.45, 7) is 2.15. The van der Waals surface area contributed by atoms with E-state index in [9.17, 15) is 0 Å². The Morgan fingerprint density at radius 2 is 1.81 bits per heavy atom. The third kappa shape index (κ3) is 2.47. The van der Waals surface area contributed by atoms with Gasteiger partial charge in [-0.25, -0.2) is 0 Å². The Bertz CT molecular complexity index is 698. The second kappa shape index (κ2) is 5.38. The van der Waals surface area contributed by atoms with Gasteiger partial charge in [-0.2, -0.15) is 0 Å². The van der Waals surface area contributed by atoms with Gasteiger partial charge in [0.1, 0.15) is 11.3 Å². The number of para-hydroxylation sites is 1. The molecule has 0 aliphatic carbocycles. The van der Waals surface area contributed by atoms with Gasteiger partial charge in [-0.1, -0.05) is 48.5 Å². The lowest BCUT2D eigenvalue weighted by molar-refractivity contribution is 0.223. The molecule has 1 unspecified atom stereocenters. The molecular weight excluding hydrogens is 258 g/mol. The quantitative estimate of drug-likeness (QED) is 0.685. The summed E-state index contributed by atoms with van der Waals surface area (Å²) in [6.07, 6.45) is 2.43. The Morgan fingerprint density at radius 1 is 1.00 bits per heavy atom. The van der Waals surface area contributed by atoms with Crippen LogP contribution in [0.25, 0.3) is 11.0 Å². The molecule has 0 saturated carbocycles. The second-order valence-electron chi connectivity index (χ2n) is 5.80. The zero-order chi connectivity index (χ0) is 14.1. The van der Waals surface area contributed by atoms with Crippen LogP contribution in [0.4, 0.5) is 0 Å². The molecular formula is C19H19NO. The molecule has 1 saturated heterocycles. The van der Waals surface area contributed by atoms with E-state index in [-0.39, 0.29) is 0 Å². The van der Waals surface area contributed by atoms with Crippen LogP contribution >= 0.6 is 0 Å². The highest BCUT2D eigenvalue weighted by atomic mass is 16.3. The van der Waals surface area contributed by atoms with Crippen molar-refractivity contribution in [3.63, 3.8) is 0 Å². The standard InChI is InChI=1S/C19H19NO/c1-2-7-15(8-3-1)14-20-12-6-10-17(20)19-13-16-9-4-5-11-18(16)21-19/h1-5,7-9,11,13,17H,6,10,12,14H2. The van der Waals surface area contributed by atoms with Crippen LogP contribution in [0.2, 0.25) is 0 Å². The van der Waals surface area contributed by atoms with Crippen molar-refractivity contribution < 1.29 is 4.42 Å². The molecule has 2 heterocycles. The lowest BCUT2D eigenvalue weighted by Crippen LogP contribution is -2.22. The number of likely N-dealkylation sites (tertiary alicyclic amines) is 1. The maximum Gasteiger partial charge on any atom is 0.134 e. The van der Waals surface area contributed by atoms with Crippen LogP contribution in [0.3, 0.4) is 0 Å². The Morgan fingerprint density at radius 3 is 2.67 bits per heavy atom. The minimum Gasteiger partial charge on any atom is -0.459 e. The van der Waals surface area contributed by atoms with E-state index in [2.05, 4.69) is 59.5 Å². The first-order valence-electron chi connectivity index (χ1n) is 7.66. The van der Waals surface area contributed by atoms with Crippen molar-refractivity contribution in [2.24, 2.45) is 0 Å². The summed E-state index contributed by atoms with van der Waals surface area (Å²) in [5.74, 6) is 1.12. The number of fused-ring (bicyclic) bond motifs is 1. The molecule has 0 amide bonds. The van der Waals surface area contributed by atoms with E-state index in [4.69, 9.17) is 4.42 Å². The first kappa shape index (κ1) is 12.7. The third-order valence-corrected chi connectivity index (χ3v) is 4.37. The van der Waals surface area contributed by atoms with Gasteiger partial charge in [0.2, 0.25) is 0 Å². The molecule has 2 aromatic carbocycles. The summed E-state index contributed by atoms with van der Waals surface area (Å²) < 4.78 is 6.08. The smallest absolute Gasteiger partial charge is 0.134 e. The summed E-state index contributed by atoms with van der Waals surface area (Å²) in [5, 5.41) is 1.21. The fraction of sp³-hybridized carbons (Fsp3) is 0.263. The van der Waals surface area contributed by atoms with E-state index in [1.807, 2.05) is 6.07 Å². The van der Waals surface area contributed by atoms with Crippen LogP contribution in [-0.2, 0) is 6.54 Å². The largest absolute Gasteiger partial charge is 0.459 e. The molecule has 3 aromatic rings. The van der Waals surface area contributed by atoms with E-state index >= 15 is 0 Å². The van der Waals surface area contributed by atoms with Crippen LogP contribution in [0, 0.1) is 0 Å². The van der Waals surface area contributed by atoms with Crippen LogP contribution in [-0.4, -0.2) is 11.4 Å². The summed E-state index contributed by atoms with van der Waals surface area (Å²) in [5.41, 5.74) is 2.37. The molecule has 1 aromatic heterocycles. The Hall–Kier alpha value is -2.06. The summed E-state index contributed by atoms with van der Waals surface area (Å²) >= 11 is 0. The second-order valence-corrected chi connectivity index (χ2v) is 5.80. The maximum absolute atomic E-state index is 6.08. The van der Waals surface area contributed by atoms with Crippen molar-refractivity contribution >= 4 is 11.0 Å². The summed E-state index contributed by atoms with van der Waals surface area (Å²) in [7, 11) is 0. The fourth-order valence-corrected chi connectivity index (χ4v) is 3.32. The van der Waals surface area contributed by atoms with Gasteiger partial charge in [0.15, 0.2) is 0 Å². The molecule has 4 rings (SSSR count). The predicted octanol–water partition coefficient (Wildman–Crippen LogP) is 4.77. The van der Waals surface area contributed by atoms with Gasteiger partial charge in [-0.3, -0.25) is 4.90 Å². The number of benzene rings is 2. The number of hydrogen-bond donors (Lipinski definition) is 0. The zero-order valence-electron chi connectivity index (χ0n) is 12.0. The number of nitrogens with zero attached hydrogens (tertiary/aromatic N) is 1. The van der Waals surface area contributed by atoms with Gasteiger partial charge in [0.25, 0.3) is 0 Å². The van der Waals surface area contributed by atoms with E-state index in [0.29, 0.717) is 6.04 Å². The normalized spacial score (nSPS) is 19.3. The minimum atomic E-state index is 0.414. The molecule has 21 heavy (non-hydrogen) atoms. The van der Waals surface area contributed by atoms with Crippen LogP contribution < -0.4 is 0 Å². The number of rotatable bonds is 3. The third-order valence-electron chi connectivity index (χ3n) is 4.37. The van der Waals surface area contributed by atoms with E-state index in [1.165, 1.54) is 23.8 Å². The molecule has 2 nitrogen and oxygen atoms in total. The van der Waals surface area contributed by atoms with Gasteiger partial charge in [-0.15, -0.1) is 0 Å². The van der Waals surface area contributed by atoms with Crippen molar-refractivity contribution in [1.82, 2.24) is 4.90 Å². The van der Waals surface area contributed by atoms with E-state index in [1.54, 1.807) is 0 Å². The van der Waals surface area contributed by atoms with Crippen molar-refractivity contribution in [1.29, 1.82) is 0 Å². The zero-order valence-corrected chi connectivity index (χ0v) is 12.0. The first-order valence-corrected chi connectivity index (χ1v) is 7.66. The topological polar surface area (TPSA) is 16.4 Å². The molecule has 106 valence electrons. The highest BCUT2D eigenvalue weighted by Gasteiger charge is 2.28. The molecule has 0 radical (unpaired) electrons. The Labute approximate surface area is 125 Å². The molecule has 1 aliphatic rings.